The van der Waals surface area contributed by atoms with Crippen molar-refractivity contribution < 1.29 is 58.4 Å². The topological polar surface area (TPSA) is 202 Å². The fourth-order valence-corrected chi connectivity index (χ4v) is 15.8. The van der Waals surface area contributed by atoms with Crippen LogP contribution in [0.2, 0.25) is 0 Å². The summed E-state index contributed by atoms with van der Waals surface area (Å²) < 4.78 is 38.8. The van der Waals surface area contributed by atoms with Gasteiger partial charge in [0.15, 0.2) is 17.5 Å². The van der Waals surface area contributed by atoms with E-state index in [1.54, 1.807) is 31.3 Å². The number of piperidine rings is 1. The van der Waals surface area contributed by atoms with E-state index < -0.39 is 48.7 Å². The van der Waals surface area contributed by atoms with Gasteiger partial charge in [-0.2, -0.15) is 0 Å². The van der Waals surface area contributed by atoms with Crippen molar-refractivity contribution in [2.45, 2.75) is 144 Å². The van der Waals surface area contributed by atoms with Gasteiger partial charge in [-0.25, -0.2) is 0 Å². The molecule has 1 amide bonds. The predicted molar refractivity (Wildman–Crippen MR) is 290 cm³/mol. The number of aromatic nitrogens is 1. The van der Waals surface area contributed by atoms with Gasteiger partial charge in [0.05, 0.1) is 43.4 Å². The van der Waals surface area contributed by atoms with Gasteiger partial charge in [-0.1, -0.05) is 49.1 Å². The van der Waals surface area contributed by atoms with Crippen LogP contribution in [0.4, 0.5) is 0 Å². The number of aliphatic hydroxyl groups is 3. The summed E-state index contributed by atoms with van der Waals surface area (Å²) in [5.41, 5.74) is 6.52. The highest BCUT2D eigenvalue weighted by Crippen LogP contribution is 2.60. The molecular weight excluding hydrogens is 991 g/mol. The lowest BCUT2D eigenvalue weighted by Crippen LogP contribution is -2.70. The van der Waals surface area contributed by atoms with Gasteiger partial charge < -0.3 is 64.0 Å². The van der Waals surface area contributed by atoms with Crippen LogP contribution in [0.3, 0.4) is 0 Å². The number of aliphatic hydroxyl groups excluding tert-OH is 2. The Kier molecular flexibility index (Phi) is 12.4. The molecule has 6 heterocycles. The fraction of sp³-hybridized carbons (Fsp3) is 0.492. The molecule has 4 fully saturated rings. The van der Waals surface area contributed by atoms with Crippen LogP contribution in [0.25, 0.3) is 33.3 Å². The van der Waals surface area contributed by atoms with E-state index in [0.29, 0.717) is 41.0 Å². The summed E-state index contributed by atoms with van der Waals surface area (Å²) >= 11 is 0. The van der Waals surface area contributed by atoms with Gasteiger partial charge in [0.1, 0.15) is 41.7 Å². The summed E-state index contributed by atoms with van der Waals surface area (Å²) in [6.45, 7) is -0.603. The summed E-state index contributed by atoms with van der Waals surface area (Å²) in [4.78, 5) is 34.8. The number of phenols is 1. The number of hydrogen-bond acceptors (Lipinski definition) is 13. The van der Waals surface area contributed by atoms with Crippen LogP contribution in [0, 0.1) is 23.9 Å². The quantitative estimate of drug-likeness (QED) is 0.0640. The van der Waals surface area contributed by atoms with E-state index in [1.165, 1.54) is 18.4 Å². The molecule has 5 aromatic rings. The van der Waals surface area contributed by atoms with Crippen LogP contribution >= 0.6 is 0 Å². The molecule has 14 rings (SSSR count). The van der Waals surface area contributed by atoms with Crippen molar-refractivity contribution in [1.29, 1.82) is 0 Å². The van der Waals surface area contributed by atoms with Crippen LogP contribution in [0.15, 0.2) is 54.7 Å². The summed E-state index contributed by atoms with van der Waals surface area (Å²) in [5, 5.41) is 55.9. The molecule has 2 saturated carbocycles. The van der Waals surface area contributed by atoms with E-state index >= 15 is 4.79 Å². The molecule has 4 aliphatic carbocycles. The molecular formula is C63H67N3O12. The minimum absolute atomic E-state index is 0.0214. The number of fused-ring (bicyclic) bond motifs is 9. The summed E-state index contributed by atoms with van der Waals surface area (Å²) in [6.07, 6.45) is 15.7. The number of nitrogens with zero attached hydrogens (tertiary/aromatic N) is 1. The highest BCUT2D eigenvalue weighted by atomic mass is 16.7. The molecule has 0 spiro atoms. The lowest BCUT2D eigenvalue weighted by atomic mass is 9.69. The number of rotatable bonds is 8. The number of H-pyrrole nitrogens is 1. The van der Waals surface area contributed by atoms with E-state index in [0.717, 1.165) is 108 Å². The number of benzene rings is 4. The number of aromatic hydroxyl groups is 1. The van der Waals surface area contributed by atoms with Crippen molar-refractivity contribution in [3.63, 3.8) is 0 Å². The number of ether oxygens (including phenoxy) is 6. The highest BCUT2D eigenvalue weighted by molar-refractivity contribution is 6.17. The van der Waals surface area contributed by atoms with Crippen molar-refractivity contribution in [1.82, 2.24) is 15.2 Å². The van der Waals surface area contributed by atoms with Crippen molar-refractivity contribution in [3.8, 4) is 29.3 Å². The largest absolute Gasteiger partial charge is 0.506 e. The lowest BCUT2D eigenvalue weighted by molar-refractivity contribution is -0.328. The number of nitrogens with one attached hydrogen (secondary N) is 2. The molecule has 1 aromatic heterocycles. The second-order valence-electron chi connectivity index (χ2n) is 23.5. The number of allylic oxidation sites excluding steroid dienone is 2. The number of phenolic OH excluding ortho intramolecular Hbond substituents is 1. The van der Waals surface area contributed by atoms with E-state index in [4.69, 9.17) is 28.4 Å². The van der Waals surface area contributed by atoms with Crippen molar-refractivity contribution in [2.75, 3.05) is 40.6 Å². The molecule has 11 unspecified atom stereocenters. The van der Waals surface area contributed by atoms with Crippen LogP contribution in [0.5, 0.6) is 17.2 Å². The Bertz CT molecular complexity index is 3440. The lowest BCUT2D eigenvalue weighted by Gasteiger charge is -2.47. The Morgan fingerprint density at radius 2 is 1.88 bits per heavy atom. The first-order valence-corrected chi connectivity index (χ1v) is 28.3. The number of aromatic amines is 1. The molecule has 15 heteroatoms. The van der Waals surface area contributed by atoms with E-state index in [2.05, 4.69) is 46.6 Å². The van der Waals surface area contributed by atoms with Gasteiger partial charge in [0, 0.05) is 77.4 Å². The van der Waals surface area contributed by atoms with E-state index in [9.17, 15) is 25.2 Å². The molecule has 0 radical (unpaired) electrons. The second kappa shape index (κ2) is 19.3. The minimum atomic E-state index is -2.47. The second-order valence-corrected chi connectivity index (χ2v) is 23.5. The third-order valence-corrected chi connectivity index (χ3v) is 19.5. The van der Waals surface area contributed by atoms with Gasteiger partial charge in [-0.3, -0.25) is 9.59 Å². The SMILES string of the molecule is COCCCC12CCCC1CCC(c1ccc3[nH]cc(C4C=Cc5c(OC)c6c7c8c(c9c(O)c7c5OC5OC(CO4)C(O)C(OC#CCc4cccc7c4CN(CC9=O)C7=O)C5(O)CO)C4CCCC4C=C8CC6)c3c1)N2. The molecule has 406 valence electrons. The first-order chi connectivity index (χ1) is 38.0. The van der Waals surface area contributed by atoms with Gasteiger partial charge >= 0.3 is 0 Å². The molecule has 8 bridgehead atoms. The Labute approximate surface area is 452 Å². The zero-order valence-electron chi connectivity index (χ0n) is 44.2. The van der Waals surface area contributed by atoms with Crippen LogP contribution < -0.4 is 14.8 Å². The van der Waals surface area contributed by atoms with Gasteiger partial charge in [0.25, 0.3) is 5.91 Å². The molecule has 78 heavy (non-hydrogen) atoms. The summed E-state index contributed by atoms with van der Waals surface area (Å²) in [5.74, 6) is 3.25. The molecule has 15 nitrogen and oxygen atoms in total. The predicted octanol–water partition coefficient (Wildman–Crippen LogP) is 8.37. The van der Waals surface area contributed by atoms with E-state index in [-0.39, 0.29) is 77.9 Å². The molecule has 2 saturated heterocycles. The Morgan fingerprint density at radius 3 is 2.74 bits per heavy atom. The molecule has 6 N–H and O–H groups in total. The van der Waals surface area contributed by atoms with Crippen LogP contribution in [-0.4, -0.2) is 118 Å². The fourth-order valence-electron chi connectivity index (χ4n) is 15.8. The molecule has 4 aromatic carbocycles. The van der Waals surface area contributed by atoms with Crippen LogP contribution in [-0.2, 0) is 38.3 Å². The molecule has 5 aliphatic heterocycles. The number of aryl methyl sites for hydroxylation is 1. The normalized spacial score (nSPS) is 31.6. The maximum absolute atomic E-state index is 15.5. The number of ketones is 1. The average Bonchev–Trinajstić information content (AvgIpc) is 3.75. The average molecular weight is 1060 g/mol. The van der Waals surface area contributed by atoms with Crippen molar-refractivity contribution in [3.05, 3.63) is 110 Å². The summed E-state index contributed by atoms with van der Waals surface area (Å²) in [7, 11) is 3.37. The molecule has 11 atom stereocenters. The number of carbonyl (C=O) groups excluding carboxylic acids is 2. The number of hydrogen-bond donors (Lipinski definition) is 6. The Balaban J connectivity index is 0.970. The molecule has 9 aliphatic rings. The Hall–Kier alpha value is -6.22. The zero-order chi connectivity index (χ0) is 53.2. The number of amides is 1. The monoisotopic (exact) mass is 1060 g/mol. The van der Waals surface area contributed by atoms with Crippen LogP contribution in [0.1, 0.15) is 154 Å². The first-order valence-electron chi connectivity index (χ1n) is 28.3. The van der Waals surface area contributed by atoms with E-state index in [1.807, 2.05) is 24.4 Å². The summed E-state index contributed by atoms with van der Waals surface area (Å²) in [6, 6.07) is 12.1. The smallest absolute Gasteiger partial charge is 0.254 e. The third kappa shape index (κ3) is 7.65. The van der Waals surface area contributed by atoms with Crippen molar-refractivity contribution >= 4 is 45.0 Å². The van der Waals surface area contributed by atoms with Crippen molar-refractivity contribution in [2.24, 2.45) is 11.8 Å². The standard InChI is InChI=1S/C63H67N3O12/c1-73-24-7-23-62-22-5-11-37(62)16-20-45(65-62)35-15-19-46-42(27-35)43(28-64-46)48-21-18-41-57(74-2)40-17-14-36-26-34-9-4-12-38(34)51-50(36)52(40)54-56(70)53(51)47(68)30-66-29-44-33(8-3-13-39(44)60(66)71)10-6-25-75-59-55(69)49(31-76-48)77-61(78-58(41)54)63(59,72)32-67/h3,8,13,15,18-19,21,26-28,34,37-38,45,48-49,55,59,61,64-65,67,69-70,72H,4-5,7,9-12,14,16-17,20,22-24,29-32H2,1-2H3. The zero-order valence-corrected chi connectivity index (χ0v) is 44.2. The minimum Gasteiger partial charge on any atom is -0.506 e. The highest BCUT2D eigenvalue weighted by Gasteiger charge is 2.59. The first kappa shape index (κ1) is 50.0. The van der Waals surface area contributed by atoms with Gasteiger partial charge in [-0.15, -0.1) is 0 Å². The number of carbonyl (C=O) groups is 2. The number of Topliss-reactive ketones (excluding diaryl/α,β-unsaturated/α-hetero) is 1. The third-order valence-electron chi connectivity index (χ3n) is 19.5. The maximum atomic E-state index is 15.5. The maximum Gasteiger partial charge on any atom is 0.254 e. The number of methoxy groups -OCH3 is 2. The van der Waals surface area contributed by atoms with Gasteiger partial charge in [-0.05, 0) is 140 Å². The Morgan fingerprint density at radius 1 is 0.987 bits per heavy atom. The van der Waals surface area contributed by atoms with Gasteiger partial charge in [0.2, 0.25) is 6.29 Å².